The Hall–Kier alpha value is -2.35. The number of piperazine rings is 1. The molecule has 0 spiro atoms. The number of rotatable bonds is 5. The van der Waals surface area contributed by atoms with Gasteiger partial charge in [0.1, 0.15) is 0 Å². The number of pyridine rings is 1. The molecule has 0 N–H and O–H groups in total. The van der Waals surface area contributed by atoms with E-state index in [4.69, 9.17) is 14.2 Å². The van der Waals surface area contributed by atoms with Crippen LogP contribution in [-0.4, -0.2) is 79.4 Å². The highest BCUT2D eigenvalue weighted by atomic mass is 16.6. The van der Waals surface area contributed by atoms with Crippen molar-refractivity contribution in [3.05, 3.63) is 23.9 Å². The summed E-state index contributed by atoms with van der Waals surface area (Å²) in [6.07, 6.45) is 3.26. The summed E-state index contributed by atoms with van der Waals surface area (Å²) < 4.78 is 16.1. The molecule has 2 saturated heterocycles. The van der Waals surface area contributed by atoms with Gasteiger partial charge in [0.25, 0.3) is 5.91 Å². The number of ether oxygens (including phenoxy) is 3. The summed E-state index contributed by atoms with van der Waals surface area (Å²) >= 11 is 0. The third kappa shape index (κ3) is 5.32. The molecular formula is C19H27N3O5. The number of carbonyl (C=O) groups is 2. The minimum absolute atomic E-state index is 0.0724. The van der Waals surface area contributed by atoms with Crippen LogP contribution in [-0.2, 0) is 9.47 Å². The molecular weight excluding hydrogens is 350 g/mol. The van der Waals surface area contributed by atoms with Crippen molar-refractivity contribution >= 4 is 12.0 Å². The molecule has 0 aliphatic carbocycles. The standard InChI is InChI=1S/C19H27N3O5/c1-2-26-19(24)22-9-7-21(8-10-22)18(23)16-3-6-20-17(13-16)27-14-15-4-11-25-12-5-15/h3,6,13,15H,2,4-5,7-12,14H2,1H3. The molecule has 0 atom stereocenters. The first kappa shape index (κ1) is 19.4. The molecule has 0 radical (unpaired) electrons. The molecule has 27 heavy (non-hydrogen) atoms. The van der Waals surface area contributed by atoms with E-state index in [1.165, 1.54) is 0 Å². The lowest BCUT2D eigenvalue weighted by atomic mass is 10.0. The number of hydrogen-bond donors (Lipinski definition) is 0. The predicted molar refractivity (Wildman–Crippen MR) is 97.8 cm³/mol. The van der Waals surface area contributed by atoms with E-state index in [1.807, 2.05) is 0 Å². The molecule has 2 aliphatic rings. The fourth-order valence-electron chi connectivity index (χ4n) is 3.23. The van der Waals surface area contributed by atoms with E-state index in [0.29, 0.717) is 56.8 Å². The number of aromatic nitrogens is 1. The van der Waals surface area contributed by atoms with E-state index < -0.39 is 0 Å². The van der Waals surface area contributed by atoms with Crippen molar-refractivity contribution in [3.63, 3.8) is 0 Å². The van der Waals surface area contributed by atoms with Gasteiger partial charge in [-0.2, -0.15) is 0 Å². The molecule has 1 aromatic heterocycles. The predicted octanol–water partition coefficient (Wildman–Crippen LogP) is 1.80. The molecule has 2 fully saturated rings. The van der Waals surface area contributed by atoms with Gasteiger partial charge in [0, 0.05) is 57.2 Å². The Morgan fingerprint density at radius 3 is 2.59 bits per heavy atom. The number of carbonyl (C=O) groups excluding carboxylic acids is 2. The molecule has 0 aromatic carbocycles. The average molecular weight is 377 g/mol. The van der Waals surface area contributed by atoms with Crippen molar-refractivity contribution in [2.24, 2.45) is 5.92 Å². The summed E-state index contributed by atoms with van der Waals surface area (Å²) in [5.74, 6) is 0.866. The Morgan fingerprint density at radius 2 is 1.89 bits per heavy atom. The molecule has 3 rings (SSSR count). The number of hydrogen-bond acceptors (Lipinski definition) is 6. The van der Waals surface area contributed by atoms with E-state index in [9.17, 15) is 9.59 Å². The lowest BCUT2D eigenvalue weighted by Crippen LogP contribution is -2.50. The van der Waals surface area contributed by atoms with Crippen molar-refractivity contribution in [3.8, 4) is 5.88 Å². The average Bonchev–Trinajstić information content (AvgIpc) is 2.73. The second kappa shape index (κ2) is 9.55. The molecule has 148 valence electrons. The highest BCUT2D eigenvalue weighted by Gasteiger charge is 2.26. The third-order valence-corrected chi connectivity index (χ3v) is 4.88. The fraction of sp³-hybridized carbons (Fsp3) is 0.632. The van der Waals surface area contributed by atoms with Crippen molar-refractivity contribution in [1.82, 2.24) is 14.8 Å². The summed E-state index contributed by atoms with van der Waals surface area (Å²) in [4.78, 5) is 32.1. The van der Waals surface area contributed by atoms with Crippen LogP contribution in [0, 0.1) is 5.92 Å². The maximum atomic E-state index is 12.8. The largest absolute Gasteiger partial charge is 0.477 e. The molecule has 3 heterocycles. The summed E-state index contributed by atoms with van der Waals surface area (Å²) in [7, 11) is 0. The van der Waals surface area contributed by atoms with Crippen LogP contribution in [0.5, 0.6) is 5.88 Å². The van der Waals surface area contributed by atoms with E-state index in [1.54, 1.807) is 35.1 Å². The lowest BCUT2D eigenvalue weighted by molar-refractivity contribution is 0.0489. The molecule has 8 heteroatoms. The number of nitrogens with zero attached hydrogens (tertiary/aromatic N) is 3. The molecule has 0 unspecified atom stereocenters. The van der Waals surface area contributed by atoms with Gasteiger partial charge in [-0.1, -0.05) is 0 Å². The second-order valence-corrected chi connectivity index (χ2v) is 6.73. The van der Waals surface area contributed by atoms with Crippen LogP contribution in [0.25, 0.3) is 0 Å². The monoisotopic (exact) mass is 377 g/mol. The zero-order valence-electron chi connectivity index (χ0n) is 15.8. The Balaban J connectivity index is 1.52. The Morgan fingerprint density at radius 1 is 1.19 bits per heavy atom. The molecule has 8 nitrogen and oxygen atoms in total. The van der Waals surface area contributed by atoms with Gasteiger partial charge in [0.2, 0.25) is 5.88 Å². The van der Waals surface area contributed by atoms with E-state index in [0.717, 1.165) is 26.1 Å². The van der Waals surface area contributed by atoms with E-state index in [2.05, 4.69) is 4.98 Å². The van der Waals surface area contributed by atoms with Gasteiger partial charge in [-0.15, -0.1) is 0 Å². The topological polar surface area (TPSA) is 81.2 Å². The molecule has 0 saturated carbocycles. The first-order chi connectivity index (χ1) is 13.2. The second-order valence-electron chi connectivity index (χ2n) is 6.73. The molecule has 0 bridgehead atoms. The summed E-state index contributed by atoms with van der Waals surface area (Å²) in [6, 6.07) is 3.39. The van der Waals surface area contributed by atoms with Gasteiger partial charge in [-0.3, -0.25) is 4.79 Å². The van der Waals surface area contributed by atoms with Crippen LogP contribution in [0.2, 0.25) is 0 Å². The first-order valence-electron chi connectivity index (χ1n) is 9.55. The van der Waals surface area contributed by atoms with Gasteiger partial charge in [-0.25, -0.2) is 9.78 Å². The Bertz CT molecular complexity index is 640. The minimum Gasteiger partial charge on any atom is -0.477 e. The van der Waals surface area contributed by atoms with Gasteiger partial charge in [0.15, 0.2) is 0 Å². The van der Waals surface area contributed by atoms with Gasteiger partial charge < -0.3 is 24.0 Å². The highest BCUT2D eigenvalue weighted by molar-refractivity contribution is 5.94. The Labute approximate surface area is 159 Å². The first-order valence-corrected chi connectivity index (χ1v) is 9.55. The third-order valence-electron chi connectivity index (χ3n) is 4.88. The smallest absolute Gasteiger partial charge is 0.409 e. The highest BCUT2D eigenvalue weighted by Crippen LogP contribution is 2.18. The van der Waals surface area contributed by atoms with Crippen LogP contribution in [0.3, 0.4) is 0 Å². The zero-order chi connectivity index (χ0) is 19.1. The van der Waals surface area contributed by atoms with Gasteiger partial charge >= 0.3 is 6.09 Å². The number of amides is 2. The van der Waals surface area contributed by atoms with E-state index in [-0.39, 0.29) is 12.0 Å². The van der Waals surface area contributed by atoms with Gasteiger partial charge in [-0.05, 0) is 31.7 Å². The van der Waals surface area contributed by atoms with E-state index >= 15 is 0 Å². The van der Waals surface area contributed by atoms with Crippen molar-refractivity contribution < 1.29 is 23.8 Å². The Kier molecular flexibility index (Phi) is 6.86. The van der Waals surface area contributed by atoms with Crippen molar-refractivity contribution in [2.45, 2.75) is 19.8 Å². The summed E-state index contributed by atoms with van der Waals surface area (Å²) in [6.45, 7) is 6.19. The van der Waals surface area contributed by atoms with Crippen molar-refractivity contribution in [2.75, 3.05) is 52.6 Å². The quantitative estimate of drug-likeness (QED) is 0.778. The van der Waals surface area contributed by atoms with Crippen LogP contribution in [0.1, 0.15) is 30.1 Å². The normalized spacial score (nSPS) is 18.3. The summed E-state index contributed by atoms with van der Waals surface area (Å²) in [5, 5.41) is 0. The fourth-order valence-corrected chi connectivity index (χ4v) is 3.23. The van der Waals surface area contributed by atoms with Gasteiger partial charge in [0.05, 0.1) is 13.2 Å². The summed E-state index contributed by atoms with van der Waals surface area (Å²) in [5.41, 5.74) is 0.552. The lowest BCUT2D eigenvalue weighted by Gasteiger charge is -2.34. The van der Waals surface area contributed by atoms with Crippen LogP contribution in [0.4, 0.5) is 4.79 Å². The SMILES string of the molecule is CCOC(=O)N1CCN(C(=O)c2ccnc(OCC3CCOCC3)c2)CC1. The minimum atomic E-state index is -0.322. The zero-order valence-corrected chi connectivity index (χ0v) is 15.8. The molecule has 1 aromatic rings. The van der Waals surface area contributed by atoms with Crippen molar-refractivity contribution in [1.29, 1.82) is 0 Å². The van der Waals surface area contributed by atoms with Crippen LogP contribution >= 0.6 is 0 Å². The maximum absolute atomic E-state index is 12.8. The van der Waals surface area contributed by atoms with Crippen LogP contribution in [0.15, 0.2) is 18.3 Å². The maximum Gasteiger partial charge on any atom is 0.409 e. The molecule has 2 aliphatic heterocycles. The van der Waals surface area contributed by atoms with Crippen LogP contribution < -0.4 is 4.74 Å². The molecule has 2 amide bonds.